The molecule has 0 aliphatic carbocycles. The number of anilines is 1. The molecule has 2 fully saturated rings. The van der Waals surface area contributed by atoms with E-state index in [4.69, 9.17) is 9.72 Å². The Hall–Kier alpha value is -1.39. The van der Waals surface area contributed by atoms with Gasteiger partial charge in [0, 0.05) is 24.0 Å². The van der Waals surface area contributed by atoms with Crippen LogP contribution in [0.25, 0.3) is 11.3 Å². The monoisotopic (exact) mass is 356 g/mol. The maximum absolute atomic E-state index is 5.97. The van der Waals surface area contributed by atoms with E-state index < -0.39 is 0 Å². The van der Waals surface area contributed by atoms with Crippen molar-refractivity contribution in [3.8, 4) is 11.3 Å². The van der Waals surface area contributed by atoms with Crippen molar-refractivity contribution in [3.05, 3.63) is 34.2 Å². The molecule has 1 unspecified atom stereocenters. The van der Waals surface area contributed by atoms with Crippen molar-refractivity contribution in [2.75, 3.05) is 18.0 Å². The number of hydrogen-bond acceptors (Lipinski definition) is 4. The molecule has 134 valence electrons. The molecule has 4 heteroatoms. The van der Waals surface area contributed by atoms with Gasteiger partial charge in [-0.1, -0.05) is 32.9 Å². The number of fused-ring (bicyclic) bond motifs is 2. The minimum absolute atomic E-state index is 0.104. The standard InChI is InChI=1S/C21H28N2OS/c1-13-6-9-17(19(14(13)2)21(3,4)5)18-12-25-20(22-18)23-10-15-7-8-16(11-23)24-15/h6,9,12,15-16H,7-8,10-11H2,1-5H3/t15-,16?/m0/s1. The predicted molar refractivity (Wildman–Crippen MR) is 106 cm³/mol. The molecule has 0 amide bonds. The molecule has 2 aliphatic heterocycles. The van der Waals surface area contributed by atoms with Gasteiger partial charge in [0.15, 0.2) is 5.13 Å². The van der Waals surface area contributed by atoms with Crippen molar-refractivity contribution >= 4 is 16.5 Å². The van der Waals surface area contributed by atoms with Crippen molar-refractivity contribution in [3.63, 3.8) is 0 Å². The third-order valence-corrected chi connectivity index (χ3v) is 6.47. The van der Waals surface area contributed by atoms with Gasteiger partial charge in [0.25, 0.3) is 0 Å². The van der Waals surface area contributed by atoms with Gasteiger partial charge in [0.1, 0.15) is 0 Å². The van der Waals surface area contributed by atoms with Crippen LogP contribution in [0.15, 0.2) is 17.5 Å². The van der Waals surface area contributed by atoms with Crippen molar-refractivity contribution in [2.45, 2.75) is 65.1 Å². The van der Waals surface area contributed by atoms with Crippen LogP contribution < -0.4 is 4.90 Å². The molecule has 0 N–H and O–H groups in total. The molecular weight excluding hydrogens is 328 g/mol. The fraction of sp³-hybridized carbons (Fsp3) is 0.571. The number of hydrogen-bond donors (Lipinski definition) is 0. The Morgan fingerprint density at radius 3 is 2.44 bits per heavy atom. The largest absolute Gasteiger partial charge is 0.371 e. The van der Waals surface area contributed by atoms with E-state index in [0.29, 0.717) is 12.2 Å². The molecule has 0 spiro atoms. The topological polar surface area (TPSA) is 25.4 Å². The lowest BCUT2D eigenvalue weighted by Gasteiger charge is -2.31. The lowest BCUT2D eigenvalue weighted by atomic mass is 9.79. The summed E-state index contributed by atoms with van der Waals surface area (Å²) in [4.78, 5) is 7.46. The Labute approximate surface area is 155 Å². The van der Waals surface area contributed by atoms with Crippen molar-refractivity contribution in [1.29, 1.82) is 0 Å². The molecule has 2 saturated heterocycles. The van der Waals surface area contributed by atoms with Crippen molar-refractivity contribution in [1.82, 2.24) is 4.98 Å². The van der Waals surface area contributed by atoms with Crippen LogP contribution in [0.2, 0.25) is 0 Å². The molecule has 4 rings (SSSR count). The summed E-state index contributed by atoms with van der Waals surface area (Å²) in [6.45, 7) is 13.3. The second-order valence-corrected chi connectivity index (χ2v) is 9.39. The summed E-state index contributed by atoms with van der Waals surface area (Å²) in [6, 6.07) is 4.48. The summed E-state index contributed by atoms with van der Waals surface area (Å²) in [5.41, 5.74) is 6.68. The lowest BCUT2D eigenvalue weighted by molar-refractivity contribution is 0.0305. The Morgan fingerprint density at radius 2 is 1.80 bits per heavy atom. The van der Waals surface area contributed by atoms with Gasteiger partial charge >= 0.3 is 0 Å². The van der Waals surface area contributed by atoms with Crippen LogP contribution >= 0.6 is 11.3 Å². The van der Waals surface area contributed by atoms with Crippen LogP contribution in [0.1, 0.15) is 50.3 Å². The van der Waals surface area contributed by atoms with E-state index >= 15 is 0 Å². The van der Waals surface area contributed by atoms with Crippen LogP contribution in [0.4, 0.5) is 5.13 Å². The number of thiazole rings is 1. The highest BCUT2D eigenvalue weighted by molar-refractivity contribution is 7.14. The van der Waals surface area contributed by atoms with E-state index in [9.17, 15) is 0 Å². The Bertz CT molecular complexity index is 778. The van der Waals surface area contributed by atoms with Gasteiger partial charge in [-0.25, -0.2) is 4.98 Å². The zero-order valence-corrected chi connectivity index (χ0v) is 16.7. The average Bonchev–Trinajstić information content (AvgIpc) is 3.15. The Morgan fingerprint density at radius 1 is 1.12 bits per heavy atom. The zero-order chi connectivity index (χ0) is 17.8. The summed E-state index contributed by atoms with van der Waals surface area (Å²) in [6.07, 6.45) is 3.20. The average molecular weight is 357 g/mol. The number of rotatable bonds is 2. The first kappa shape index (κ1) is 17.0. The van der Waals surface area contributed by atoms with Gasteiger partial charge in [-0.15, -0.1) is 11.3 Å². The van der Waals surface area contributed by atoms with Crippen molar-refractivity contribution in [2.24, 2.45) is 0 Å². The molecule has 1 aromatic carbocycles. The highest BCUT2D eigenvalue weighted by Crippen LogP contribution is 2.39. The van der Waals surface area contributed by atoms with Gasteiger partial charge in [0.05, 0.1) is 17.9 Å². The normalized spacial score (nSPS) is 23.3. The molecule has 2 aromatic rings. The van der Waals surface area contributed by atoms with Crippen LogP contribution in [0.3, 0.4) is 0 Å². The molecular formula is C21H28N2OS. The number of aryl methyl sites for hydroxylation is 1. The molecule has 0 saturated carbocycles. The van der Waals surface area contributed by atoms with Crippen molar-refractivity contribution < 1.29 is 4.74 Å². The van der Waals surface area contributed by atoms with E-state index in [-0.39, 0.29) is 5.41 Å². The Balaban J connectivity index is 1.70. The number of aromatic nitrogens is 1. The maximum atomic E-state index is 5.97. The van der Waals surface area contributed by atoms with Gasteiger partial charge in [-0.3, -0.25) is 0 Å². The first-order valence-electron chi connectivity index (χ1n) is 9.30. The van der Waals surface area contributed by atoms with Crippen LogP contribution in [-0.2, 0) is 10.2 Å². The maximum Gasteiger partial charge on any atom is 0.186 e. The molecule has 25 heavy (non-hydrogen) atoms. The number of morpholine rings is 1. The third kappa shape index (κ3) is 3.11. The molecule has 2 atom stereocenters. The smallest absolute Gasteiger partial charge is 0.186 e. The summed E-state index contributed by atoms with van der Waals surface area (Å²) in [5.74, 6) is 0. The van der Waals surface area contributed by atoms with Gasteiger partial charge in [-0.2, -0.15) is 0 Å². The van der Waals surface area contributed by atoms with E-state index in [2.05, 4.69) is 57.0 Å². The number of benzene rings is 1. The Kier molecular flexibility index (Phi) is 4.16. The van der Waals surface area contributed by atoms with Gasteiger partial charge in [-0.05, 0) is 48.8 Å². The quantitative estimate of drug-likeness (QED) is 0.749. The first-order valence-corrected chi connectivity index (χ1v) is 10.2. The van der Waals surface area contributed by atoms with E-state index in [1.165, 1.54) is 35.1 Å². The number of ether oxygens (including phenoxy) is 1. The summed E-state index contributed by atoms with van der Waals surface area (Å²) >= 11 is 1.77. The molecule has 2 aliphatic rings. The van der Waals surface area contributed by atoms with E-state index in [1.807, 2.05) is 0 Å². The summed E-state index contributed by atoms with van der Waals surface area (Å²) in [5, 5.41) is 3.37. The second kappa shape index (κ2) is 6.10. The molecule has 3 nitrogen and oxygen atoms in total. The highest BCUT2D eigenvalue weighted by Gasteiger charge is 2.35. The highest BCUT2D eigenvalue weighted by atomic mass is 32.1. The van der Waals surface area contributed by atoms with Gasteiger partial charge in [0.2, 0.25) is 0 Å². The molecule has 1 aromatic heterocycles. The SMILES string of the molecule is Cc1ccc(-c2csc(N3CC4CC[C@@H](C3)O4)n2)c(C(C)(C)C)c1C. The third-order valence-electron chi connectivity index (χ3n) is 5.57. The second-order valence-electron chi connectivity index (χ2n) is 8.56. The summed E-state index contributed by atoms with van der Waals surface area (Å²) < 4.78 is 5.97. The van der Waals surface area contributed by atoms with Gasteiger partial charge < -0.3 is 9.64 Å². The molecule has 3 heterocycles. The molecule has 2 bridgehead atoms. The lowest BCUT2D eigenvalue weighted by Crippen LogP contribution is -2.42. The van der Waals surface area contributed by atoms with Crippen LogP contribution in [-0.4, -0.2) is 30.3 Å². The summed E-state index contributed by atoms with van der Waals surface area (Å²) in [7, 11) is 0. The minimum atomic E-state index is 0.104. The fourth-order valence-electron chi connectivity index (χ4n) is 4.30. The van der Waals surface area contributed by atoms with Crippen LogP contribution in [0, 0.1) is 13.8 Å². The zero-order valence-electron chi connectivity index (χ0n) is 15.9. The molecule has 0 radical (unpaired) electrons. The van der Waals surface area contributed by atoms with E-state index in [1.54, 1.807) is 11.3 Å². The van der Waals surface area contributed by atoms with Crippen LogP contribution in [0.5, 0.6) is 0 Å². The fourth-order valence-corrected chi connectivity index (χ4v) is 5.15. The minimum Gasteiger partial charge on any atom is -0.371 e. The first-order chi connectivity index (χ1) is 11.8. The number of nitrogens with zero attached hydrogens (tertiary/aromatic N) is 2. The predicted octanol–water partition coefficient (Wildman–Crippen LogP) is 5.09. The van der Waals surface area contributed by atoms with E-state index in [0.717, 1.165) is 23.9 Å².